The Labute approximate surface area is 102 Å². The molecule has 0 saturated heterocycles. The highest BCUT2D eigenvalue weighted by Gasteiger charge is 2.11. The van der Waals surface area contributed by atoms with E-state index >= 15 is 0 Å². The van der Waals surface area contributed by atoms with Gasteiger partial charge in [0.2, 0.25) is 0 Å². The van der Waals surface area contributed by atoms with E-state index in [9.17, 15) is 4.79 Å². The maximum absolute atomic E-state index is 11.7. The predicted molar refractivity (Wildman–Crippen MR) is 64.0 cm³/mol. The molecule has 0 aliphatic heterocycles. The lowest BCUT2D eigenvalue weighted by Crippen LogP contribution is -2.15. The van der Waals surface area contributed by atoms with Crippen molar-refractivity contribution in [2.45, 2.75) is 13.1 Å². The first-order chi connectivity index (χ1) is 8.78. The van der Waals surface area contributed by atoms with Gasteiger partial charge in [0.15, 0.2) is 11.2 Å². The fraction of sp³-hybridized carbons (Fsp3) is 0.167. The van der Waals surface area contributed by atoms with E-state index in [1.54, 1.807) is 30.5 Å². The normalized spacial score (nSPS) is 11.2. The van der Waals surface area contributed by atoms with Gasteiger partial charge in [0.05, 0.1) is 13.1 Å². The molecule has 0 spiro atoms. The van der Waals surface area contributed by atoms with Gasteiger partial charge >= 0.3 is 5.76 Å². The Hall–Kier alpha value is -2.34. The maximum atomic E-state index is 11.7. The number of aromatic nitrogens is 2. The van der Waals surface area contributed by atoms with Gasteiger partial charge in [0, 0.05) is 6.20 Å². The van der Waals surface area contributed by atoms with Gasteiger partial charge < -0.3 is 14.6 Å². The predicted octanol–water partition coefficient (Wildman–Crippen LogP) is 1.09. The zero-order chi connectivity index (χ0) is 12.5. The van der Waals surface area contributed by atoms with Gasteiger partial charge in [-0.25, -0.2) is 9.78 Å². The van der Waals surface area contributed by atoms with Crippen molar-refractivity contribution in [2.75, 3.05) is 0 Å². The van der Waals surface area contributed by atoms with E-state index in [2.05, 4.69) is 4.98 Å². The van der Waals surface area contributed by atoms with E-state index in [1.165, 1.54) is 4.57 Å². The van der Waals surface area contributed by atoms with Crippen LogP contribution in [0.1, 0.15) is 11.5 Å². The molecule has 0 unspecified atom stereocenters. The average Bonchev–Trinajstić information content (AvgIpc) is 2.96. The molecule has 0 aliphatic rings. The summed E-state index contributed by atoms with van der Waals surface area (Å²) in [7, 11) is 0. The van der Waals surface area contributed by atoms with Crippen LogP contribution in [0, 0.1) is 0 Å². The third-order valence-corrected chi connectivity index (χ3v) is 2.66. The van der Waals surface area contributed by atoms with Gasteiger partial charge in [-0.15, -0.1) is 0 Å². The second-order valence-electron chi connectivity index (χ2n) is 3.85. The molecule has 0 radical (unpaired) electrons. The lowest BCUT2D eigenvalue weighted by Gasteiger charge is -1.97. The number of nitrogens with two attached hydrogens (primary N) is 1. The van der Waals surface area contributed by atoms with E-state index < -0.39 is 5.76 Å². The van der Waals surface area contributed by atoms with Crippen molar-refractivity contribution in [3.63, 3.8) is 0 Å². The van der Waals surface area contributed by atoms with Gasteiger partial charge in [-0.1, -0.05) is 0 Å². The Balaban J connectivity index is 2.04. The van der Waals surface area contributed by atoms with Crippen molar-refractivity contribution < 1.29 is 8.83 Å². The van der Waals surface area contributed by atoms with Crippen LogP contribution in [0.4, 0.5) is 0 Å². The Morgan fingerprint density at radius 3 is 2.83 bits per heavy atom. The van der Waals surface area contributed by atoms with E-state index in [0.717, 1.165) is 0 Å². The minimum Gasteiger partial charge on any atom is -0.463 e. The summed E-state index contributed by atoms with van der Waals surface area (Å²) in [6, 6.07) is 7.00. The summed E-state index contributed by atoms with van der Waals surface area (Å²) in [5, 5.41) is 0. The molecule has 3 aromatic rings. The molecule has 6 nitrogen and oxygen atoms in total. The standard InChI is InChI=1S/C12H11N3O3/c13-6-8-3-4-9(17-8)7-15-11-10(18-12(15)16)2-1-5-14-11/h1-5H,6-7,13H2. The van der Waals surface area contributed by atoms with Crippen LogP contribution in [-0.4, -0.2) is 9.55 Å². The number of hydrogen-bond donors (Lipinski definition) is 1. The van der Waals surface area contributed by atoms with Gasteiger partial charge in [-0.2, -0.15) is 0 Å². The highest BCUT2D eigenvalue weighted by molar-refractivity contribution is 5.67. The van der Waals surface area contributed by atoms with Crippen LogP contribution in [0.25, 0.3) is 11.2 Å². The summed E-state index contributed by atoms with van der Waals surface area (Å²) in [6.45, 7) is 0.613. The van der Waals surface area contributed by atoms with Gasteiger partial charge in [-0.05, 0) is 24.3 Å². The van der Waals surface area contributed by atoms with Crippen molar-refractivity contribution >= 4 is 11.2 Å². The van der Waals surface area contributed by atoms with Gasteiger partial charge in [0.1, 0.15) is 11.5 Å². The zero-order valence-electron chi connectivity index (χ0n) is 9.50. The molecule has 0 aromatic carbocycles. The fourth-order valence-corrected chi connectivity index (χ4v) is 1.81. The molecular weight excluding hydrogens is 234 g/mol. The smallest absolute Gasteiger partial charge is 0.421 e. The van der Waals surface area contributed by atoms with Crippen LogP contribution in [0.15, 0.2) is 44.1 Å². The molecule has 2 N–H and O–H groups in total. The minimum absolute atomic E-state index is 0.281. The Morgan fingerprint density at radius 2 is 2.06 bits per heavy atom. The van der Waals surface area contributed by atoms with Crippen molar-refractivity contribution in [3.05, 3.63) is 52.5 Å². The fourth-order valence-electron chi connectivity index (χ4n) is 1.81. The summed E-state index contributed by atoms with van der Waals surface area (Å²) in [6.07, 6.45) is 1.61. The lowest BCUT2D eigenvalue weighted by atomic mass is 10.4. The lowest BCUT2D eigenvalue weighted by molar-refractivity contribution is 0.441. The maximum Gasteiger partial charge on any atom is 0.421 e. The van der Waals surface area contributed by atoms with Crippen LogP contribution in [0.3, 0.4) is 0 Å². The monoisotopic (exact) mass is 245 g/mol. The largest absolute Gasteiger partial charge is 0.463 e. The van der Waals surface area contributed by atoms with E-state index in [4.69, 9.17) is 14.6 Å². The SMILES string of the molecule is NCc1ccc(Cn2c(=O)oc3cccnc32)o1. The first-order valence-corrected chi connectivity index (χ1v) is 5.50. The van der Waals surface area contributed by atoms with Crippen LogP contribution in [-0.2, 0) is 13.1 Å². The van der Waals surface area contributed by atoms with Crippen LogP contribution >= 0.6 is 0 Å². The van der Waals surface area contributed by atoms with E-state index in [-0.39, 0.29) is 6.54 Å². The molecule has 0 amide bonds. The topological polar surface area (TPSA) is 87.2 Å². The first kappa shape index (κ1) is 10.8. The second kappa shape index (κ2) is 4.15. The molecule has 6 heteroatoms. The molecule has 0 fully saturated rings. The second-order valence-corrected chi connectivity index (χ2v) is 3.85. The van der Waals surface area contributed by atoms with E-state index in [0.29, 0.717) is 29.3 Å². The molecule has 3 aromatic heterocycles. The molecule has 0 bridgehead atoms. The summed E-state index contributed by atoms with van der Waals surface area (Å²) in [4.78, 5) is 15.8. The number of oxazole rings is 1. The minimum atomic E-state index is -0.450. The van der Waals surface area contributed by atoms with Crippen molar-refractivity contribution in [2.24, 2.45) is 5.73 Å². The van der Waals surface area contributed by atoms with Crippen LogP contribution in [0.2, 0.25) is 0 Å². The van der Waals surface area contributed by atoms with Gasteiger partial charge in [-0.3, -0.25) is 4.57 Å². The van der Waals surface area contributed by atoms with Crippen molar-refractivity contribution in [1.29, 1.82) is 0 Å². The van der Waals surface area contributed by atoms with Gasteiger partial charge in [0.25, 0.3) is 0 Å². The highest BCUT2D eigenvalue weighted by atomic mass is 16.4. The molecule has 18 heavy (non-hydrogen) atoms. The quantitative estimate of drug-likeness (QED) is 0.746. The van der Waals surface area contributed by atoms with Crippen molar-refractivity contribution in [3.8, 4) is 0 Å². The van der Waals surface area contributed by atoms with Crippen LogP contribution < -0.4 is 11.5 Å². The third kappa shape index (κ3) is 1.72. The number of hydrogen-bond acceptors (Lipinski definition) is 5. The highest BCUT2D eigenvalue weighted by Crippen LogP contribution is 2.13. The molecule has 3 heterocycles. The number of furan rings is 1. The Bertz CT molecular complexity index is 738. The summed E-state index contributed by atoms with van der Waals surface area (Å²) in [5.74, 6) is 0.874. The van der Waals surface area contributed by atoms with Crippen LogP contribution in [0.5, 0.6) is 0 Å². The van der Waals surface area contributed by atoms with E-state index in [1.807, 2.05) is 0 Å². The average molecular weight is 245 g/mol. The number of nitrogens with zero attached hydrogens (tertiary/aromatic N) is 2. The molecule has 0 saturated carbocycles. The summed E-state index contributed by atoms with van der Waals surface area (Å²) in [5.41, 5.74) is 6.44. The van der Waals surface area contributed by atoms with Crippen molar-refractivity contribution in [1.82, 2.24) is 9.55 Å². The Morgan fingerprint density at radius 1 is 1.22 bits per heavy atom. The molecule has 3 rings (SSSR count). The molecular formula is C12H11N3O3. The first-order valence-electron chi connectivity index (χ1n) is 5.50. The summed E-state index contributed by atoms with van der Waals surface area (Å²) < 4.78 is 12.0. The summed E-state index contributed by atoms with van der Waals surface area (Å²) >= 11 is 0. The number of pyridine rings is 1. The molecule has 92 valence electrons. The third-order valence-electron chi connectivity index (χ3n) is 2.66. The molecule has 0 aliphatic carbocycles. The zero-order valence-corrected chi connectivity index (χ0v) is 9.50. The number of fused-ring (bicyclic) bond motifs is 1. The Kier molecular flexibility index (Phi) is 2.49. The number of rotatable bonds is 3. The molecule has 0 atom stereocenters.